The molecule has 0 saturated carbocycles. The van der Waals surface area contributed by atoms with Crippen LogP contribution in [0.25, 0.3) is 0 Å². The van der Waals surface area contributed by atoms with Crippen molar-refractivity contribution in [3.05, 3.63) is 83.4 Å². The lowest BCUT2D eigenvalue weighted by atomic mass is 10.1. The van der Waals surface area contributed by atoms with Crippen LogP contribution in [0.3, 0.4) is 0 Å². The van der Waals surface area contributed by atoms with Crippen LogP contribution in [0.15, 0.2) is 61.2 Å². The number of nitrogens with zero attached hydrogens (tertiary/aromatic N) is 2. The molecule has 0 fully saturated rings. The van der Waals surface area contributed by atoms with E-state index in [1.54, 1.807) is 24.8 Å². The van der Waals surface area contributed by atoms with Crippen molar-refractivity contribution >= 4 is 0 Å². The molecule has 2 heterocycles. The van der Waals surface area contributed by atoms with Gasteiger partial charge in [0.05, 0.1) is 24.3 Å². The fraction of sp³-hybridized carbons (Fsp3) is 0.333. The van der Waals surface area contributed by atoms with Crippen molar-refractivity contribution in [2.24, 2.45) is 11.8 Å². The number of aromatic nitrogens is 2. The van der Waals surface area contributed by atoms with E-state index in [1.165, 1.54) is 0 Å². The van der Waals surface area contributed by atoms with Gasteiger partial charge in [0.2, 0.25) is 0 Å². The summed E-state index contributed by atoms with van der Waals surface area (Å²) in [6, 6.07) is 11.5. The molecule has 2 atom stereocenters. The first-order valence-corrected chi connectivity index (χ1v) is 11.9. The normalized spacial score (nSPS) is 11.9. The minimum atomic E-state index is 0.439. The first-order chi connectivity index (χ1) is 16.6. The van der Waals surface area contributed by atoms with Crippen LogP contribution < -0.4 is 9.47 Å². The number of ether oxygens (including phenoxy) is 2. The molecule has 2 aromatic heterocycles. The highest BCUT2D eigenvalue weighted by atomic mass is 16.5. The zero-order valence-electron chi connectivity index (χ0n) is 20.5. The van der Waals surface area contributed by atoms with Crippen molar-refractivity contribution in [2.45, 2.75) is 40.5 Å². The molecule has 34 heavy (non-hydrogen) atoms. The Morgan fingerprint density at radius 2 is 1.03 bits per heavy atom. The number of hydrogen-bond donors (Lipinski definition) is 0. The Morgan fingerprint density at radius 1 is 0.647 bits per heavy atom. The number of benzene rings is 1. The van der Waals surface area contributed by atoms with Gasteiger partial charge in [0, 0.05) is 48.0 Å². The van der Waals surface area contributed by atoms with E-state index >= 15 is 0 Å². The molecular formula is C30H32N2O2. The minimum Gasteiger partial charge on any atom is -0.492 e. The van der Waals surface area contributed by atoms with Gasteiger partial charge in [0.1, 0.15) is 11.5 Å². The Balaban J connectivity index is 2.04. The molecule has 0 aliphatic carbocycles. The van der Waals surface area contributed by atoms with Gasteiger partial charge in [-0.1, -0.05) is 64.2 Å². The summed E-state index contributed by atoms with van der Waals surface area (Å²) in [4.78, 5) is 8.13. The van der Waals surface area contributed by atoms with Gasteiger partial charge in [-0.3, -0.25) is 9.97 Å². The molecule has 0 spiro atoms. The van der Waals surface area contributed by atoms with Crippen LogP contribution in [0, 0.1) is 35.5 Å². The Labute approximate surface area is 203 Å². The highest BCUT2D eigenvalue weighted by Gasteiger charge is 2.13. The second kappa shape index (κ2) is 13.1. The smallest absolute Gasteiger partial charge is 0.136 e. The summed E-state index contributed by atoms with van der Waals surface area (Å²) in [6.45, 7) is 9.91. The third-order valence-corrected chi connectivity index (χ3v) is 5.57. The molecule has 3 rings (SSSR count). The van der Waals surface area contributed by atoms with Gasteiger partial charge in [-0.15, -0.1) is 0 Å². The summed E-state index contributed by atoms with van der Waals surface area (Å²) in [7, 11) is 0. The van der Waals surface area contributed by atoms with Crippen molar-refractivity contribution < 1.29 is 9.47 Å². The molecule has 0 saturated heterocycles. The standard InChI is InChI=1S/C30H32N2O2/c1-5-23(3)21-33-29-19-28(10-8-26-13-17-32-18-14-26)30(34-22-24(4)6-2)20-27(29)9-7-25-11-15-31-16-12-25/h11-20,23-24H,5-6,21-22H2,1-4H3/t23-,24-/m0/s1. The molecule has 4 nitrogen and oxygen atoms in total. The first kappa shape index (κ1) is 24.9. The predicted octanol–water partition coefficient (Wildman–Crippen LogP) is 6.13. The van der Waals surface area contributed by atoms with Gasteiger partial charge in [0.15, 0.2) is 0 Å². The maximum absolute atomic E-state index is 6.22. The summed E-state index contributed by atoms with van der Waals surface area (Å²) >= 11 is 0. The number of pyridine rings is 2. The van der Waals surface area contributed by atoms with Crippen molar-refractivity contribution in [1.82, 2.24) is 9.97 Å². The van der Waals surface area contributed by atoms with E-state index in [-0.39, 0.29) is 0 Å². The summed E-state index contributed by atoms with van der Waals surface area (Å²) in [6.07, 6.45) is 9.04. The second-order valence-electron chi connectivity index (χ2n) is 8.47. The van der Waals surface area contributed by atoms with Crippen molar-refractivity contribution in [3.63, 3.8) is 0 Å². The molecule has 0 N–H and O–H groups in total. The average Bonchev–Trinajstić information content (AvgIpc) is 2.89. The van der Waals surface area contributed by atoms with Crippen LogP contribution in [-0.4, -0.2) is 23.2 Å². The van der Waals surface area contributed by atoms with Gasteiger partial charge in [-0.25, -0.2) is 0 Å². The van der Waals surface area contributed by atoms with Crippen LogP contribution >= 0.6 is 0 Å². The molecule has 1 aromatic carbocycles. The molecule has 0 bridgehead atoms. The number of rotatable bonds is 8. The quantitative estimate of drug-likeness (QED) is 0.386. The van der Waals surface area contributed by atoms with E-state index in [2.05, 4.69) is 61.3 Å². The maximum Gasteiger partial charge on any atom is 0.136 e. The predicted molar refractivity (Wildman–Crippen MR) is 137 cm³/mol. The van der Waals surface area contributed by atoms with E-state index < -0.39 is 0 Å². The van der Waals surface area contributed by atoms with E-state index in [0.29, 0.717) is 25.0 Å². The molecule has 0 aliphatic rings. The van der Waals surface area contributed by atoms with Gasteiger partial charge in [0.25, 0.3) is 0 Å². The van der Waals surface area contributed by atoms with Crippen LogP contribution in [-0.2, 0) is 0 Å². The van der Waals surface area contributed by atoms with Crippen LogP contribution in [0.1, 0.15) is 62.8 Å². The summed E-state index contributed by atoms with van der Waals surface area (Å²) < 4.78 is 12.4. The molecule has 0 unspecified atom stereocenters. The molecule has 4 heteroatoms. The number of hydrogen-bond acceptors (Lipinski definition) is 4. The van der Waals surface area contributed by atoms with E-state index in [0.717, 1.165) is 46.6 Å². The SMILES string of the molecule is CC[C@H](C)COc1cc(C#Cc2ccncc2)c(OC[C@@H](C)CC)cc1C#Cc1ccncc1. The molecular weight excluding hydrogens is 420 g/mol. The summed E-state index contributed by atoms with van der Waals surface area (Å²) in [5, 5.41) is 0. The summed E-state index contributed by atoms with van der Waals surface area (Å²) in [5.41, 5.74) is 3.36. The zero-order chi connectivity index (χ0) is 24.2. The third kappa shape index (κ3) is 7.68. The topological polar surface area (TPSA) is 44.2 Å². The minimum absolute atomic E-state index is 0.439. The van der Waals surface area contributed by atoms with Gasteiger partial charge in [-0.05, 0) is 36.1 Å². The van der Waals surface area contributed by atoms with Crippen molar-refractivity contribution in [2.75, 3.05) is 13.2 Å². The highest BCUT2D eigenvalue weighted by molar-refractivity contribution is 5.60. The lowest BCUT2D eigenvalue weighted by Gasteiger charge is -2.16. The Bertz CT molecular complexity index is 1070. The van der Waals surface area contributed by atoms with Gasteiger partial charge >= 0.3 is 0 Å². The molecule has 0 amide bonds. The lowest BCUT2D eigenvalue weighted by Crippen LogP contribution is -2.10. The molecule has 0 aliphatic heterocycles. The summed E-state index contributed by atoms with van der Waals surface area (Å²) in [5.74, 6) is 15.3. The third-order valence-electron chi connectivity index (χ3n) is 5.57. The highest BCUT2D eigenvalue weighted by Crippen LogP contribution is 2.29. The molecule has 3 aromatic rings. The van der Waals surface area contributed by atoms with E-state index in [1.807, 2.05) is 36.4 Å². The van der Waals surface area contributed by atoms with E-state index in [4.69, 9.17) is 9.47 Å². The Hall–Kier alpha value is -3.76. The zero-order valence-corrected chi connectivity index (χ0v) is 20.5. The van der Waals surface area contributed by atoms with Crippen molar-refractivity contribution in [1.29, 1.82) is 0 Å². The van der Waals surface area contributed by atoms with Gasteiger partial charge in [-0.2, -0.15) is 0 Å². The molecule has 174 valence electrons. The fourth-order valence-electron chi connectivity index (χ4n) is 2.84. The average molecular weight is 453 g/mol. The largest absolute Gasteiger partial charge is 0.492 e. The fourth-order valence-corrected chi connectivity index (χ4v) is 2.84. The first-order valence-electron chi connectivity index (χ1n) is 11.9. The van der Waals surface area contributed by atoms with E-state index in [9.17, 15) is 0 Å². The second-order valence-corrected chi connectivity index (χ2v) is 8.47. The maximum atomic E-state index is 6.22. The van der Waals surface area contributed by atoms with Crippen molar-refractivity contribution in [3.8, 4) is 35.2 Å². The Kier molecular flexibility index (Phi) is 9.56. The van der Waals surface area contributed by atoms with Crippen LogP contribution in [0.4, 0.5) is 0 Å². The molecule has 0 radical (unpaired) electrons. The van der Waals surface area contributed by atoms with Crippen LogP contribution in [0.5, 0.6) is 11.5 Å². The monoisotopic (exact) mass is 452 g/mol. The lowest BCUT2D eigenvalue weighted by molar-refractivity contribution is 0.249. The Morgan fingerprint density at radius 3 is 1.38 bits per heavy atom. The van der Waals surface area contributed by atoms with Gasteiger partial charge < -0.3 is 9.47 Å². The van der Waals surface area contributed by atoms with Crippen LogP contribution in [0.2, 0.25) is 0 Å².